The molecule has 9 nitrogen and oxygen atoms in total. The van der Waals surface area contributed by atoms with E-state index in [1.807, 2.05) is 6.92 Å². The molecule has 4 rings (SSSR count). The van der Waals surface area contributed by atoms with Crippen molar-refractivity contribution in [2.24, 2.45) is 15.3 Å². The highest BCUT2D eigenvalue weighted by Gasteiger charge is 2.36. The van der Waals surface area contributed by atoms with E-state index < -0.39 is 11.0 Å². The first-order chi connectivity index (χ1) is 14.8. The summed E-state index contributed by atoms with van der Waals surface area (Å²) in [5.74, 6) is -0.374. The maximum absolute atomic E-state index is 12.9. The summed E-state index contributed by atoms with van der Waals surface area (Å²) in [7, 11) is 0. The number of halogens is 1. The van der Waals surface area contributed by atoms with Gasteiger partial charge in [-0.2, -0.15) is 20.3 Å². The number of carbonyl (C=O) groups is 1. The molecule has 0 saturated carbocycles. The number of anilines is 1. The van der Waals surface area contributed by atoms with Gasteiger partial charge < -0.3 is 0 Å². The topological polar surface area (TPSA) is 113 Å². The Labute approximate surface area is 185 Å². The van der Waals surface area contributed by atoms with Gasteiger partial charge in [0.25, 0.3) is 11.6 Å². The molecule has 2 heterocycles. The number of rotatable bonds is 5. The predicted molar refractivity (Wildman–Crippen MR) is 119 cm³/mol. The fourth-order valence-corrected chi connectivity index (χ4v) is 3.88. The molecule has 0 N–H and O–H groups in total. The van der Waals surface area contributed by atoms with E-state index in [2.05, 4.69) is 20.3 Å². The van der Waals surface area contributed by atoms with Gasteiger partial charge >= 0.3 is 0 Å². The summed E-state index contributed by atoms with van der Waals surface area (Å²) in [4.78, 5) is 27.9. The molecule has 0 spiro atoms. The number of hydrogen-bond acceptors (Lipinski definition) is 8. The zero-order chi connectivity index (χ0) is 22.1. The number of non-ortho nitro benzene ring substituents is 1. The minimum absolute atomic E-state index is 0.0325. The van der Waals surface area contributed by atoms with Gasteiger partial charge in [-0.15, -0.1) is 11.3 Å². The Morgan fingerprint density at radius 2 is 2.00 bits per heavy atom. The van der Waals surface area contributed by atoms with Crippen LogP contribution in [0.3, 0.4) is 0 Å². The van der Waals surface area contributed by atoms with Crippen molar-refractivity contribution in [3.05, 3.63) is 68.5 Å². The smallest absolute Gasteiger partial charge is 0.269 e. The predicted octanol–water partition coefficient (Wildman–Crippen LogP) is 5.56. The van der Waals surface area contributed by atoms with Crippen LogP contribution in [-0.4, -0.2) is 27.6 Å². The van der Waals surface area contributed by atoms with E-state index >= 15 is 0 Å². The molecule has 0 bridgehead atoms. The number of azo groups is 1. The molecule has 1 aromatic heterocycles. The highest BCUT2D eigenvalue weighted by atomic mass is 35.5. The number of carbonyl (C=O) groups excluding carboxylic acids is 1. The van der Waals surface area contributed by atoms with Crippen LogP contribution in [0.2, 0.25) is 5.02 Å². The van der Waals surface area contributed by atoms with Crippen LogP contribution in [-0.2, 0) is 4.79 Å². The molecule has 0 fully saturated rings. The molecule has 1 atom stereocenters. The Bertz CT molecular complexity index is 1260. The van der Waals surface area contributed by atoms with Gasteiger partial charge in [0.05, 0.1) is 22.0 Å². The van der Waals surface area contributed by atoms with E-state index in [0.717, 1.165) is 5.56 Å². The van der Waals surface area contributed by atoms with Crippen LogP contribution in [0, 0.1) is 17.0 Å². The van der Waals surface area contributed by atoms with Crippen molar-refractivity contribution in [2.75, 3.05) is 5.01 Å². The van der Waals surface area contributed by atoms with Crippen LogP contribution >= 0.6 is 22.9 Å². The number of hydrazone groups is 1. The summed E-state index contributed by atoms with van der Waals surface area (Å²) in [6.45, 7) is 3.52. The maximum atomic E-state index is 12.9. The van der Waals surface area contributed by atoms with Crippen LogP contribution in [0.15, 0.2) is 63.2 Å². The number of nitrogens with zero attached hydrogens (tertiary/aromatic N) is 6. The van der Waals surface area contributed by atoms with E-state index in [1.54, 1.807) is 42.6 Å². The molecule has 0 radical (unpaired) electrons. The first-order valence-corrected chi connectivity index (χ1v) is 10.4. The zero-order valence-corrected chi connectivity index (χ0v) is 18.0. The number of nitro benzene ring substituents is 1. The molecule has 1 amide bonds. The Morgan fingerprint density at radius 1 is 1.23 bits per heavy atom. The number of benzene rings is 2. The fourth-order valence-electron chi connectivity index (χ4n) is 2.92. The molecule has 156 valence electrons. The van der Waals surface area contributed by atoms with Gasteiger partial charge in [-0.1, -0.05) is 29.8 Å². The van der Waals surface area contributed by atoms with Crippen molar-refractivity contribution in [2.45, 2.75) is 19.9 Å². The van der Waals surface area contributed by atoms with Gasteiger partial charge in [0.2, 0.25) is 5.13 Å². The average molecular weight is 455 g/mol. The monoisotopic (exact) mass is 454 g/mol. The third-order valence-electron chi connectivity index (χ3n) is 4.64. The second kappa shape index (κ2) is 8.32. The van der Waals surface area contributed by atoms with Crippen molar-refractivity contribution >= 4 is 51.1 Å². The van der Waals surface area contributed by atoms with Crippen molar-refractivity contribution < 1.29 is 9.72 Å². The number of hydrogen-bond donors (Lipinski definition) is 0. The van der Waals surface area contributed by atoms with Gasteiger partial charge in [-0.05, 0) is 31.5 Å². The average Bonchev–Trinajstić information content (AvgIpc) is 3.34. The standard InChI is InChI=1S/C20H15ClN6O3S/c1-11-15(21)7-4-8-16(11)23-24-18-12(2)25-26(19(18)28)20-22-17(10-31-20)13-5-3-6-14(9-13)27(29)30/h3-10,18H,1-2H3/t18-/m1/s1. The van der Waals surface area contributed by atoms with Gasteiger partial charge in [-0.3, -0.25) is 14.9 Å². The van der Waals surface area contributed by atoms with E-state index in [1.165, 1.54) is 28.5 Å². The summed E-state index contributed by atoms with van der Waals surface area (Å²) < 4.78 is 0. The van der Waals surface area contributed by atoms with Crippen molar-refractivity contribution in [3.8, 4) is 11.3 Å². The Hall–Kier alpha value is -3.50. The van der Waals surface area contributed by atoms with E-state index in [4.69, 9.17) is 11.6 Å². The second-order valence-electron chi connectivity index (χ2n) is 6.72. The zero-order valence-electron chi connectivity index (χ0n) is 16.4. The molecule has 3 aromatic rings. The lowest BCUT2D eigenvalue weighted by atomic mass is 10.1. The minimum atomic E-state index is -0.858. The highest BCUT2D eigenvalue weighted by molar-refractivity contribution is 7.14. The van der Waals surface area contributed by atoms with Crippen LogP contribution in [0.5, 0.6) is 0 Å². The molecule has 1 aliphatic rings. The summed E-state index contributed by atoms with van der Waals surface area (Å²) >= 11 is 7.31. The van der Waals surface area contributed by atoms with Crippen molar-refractivity contribution in [3.63, 3.8) is 0 Å². The number of aromatic nitrogens is 1. The van der Waals surface area contributed by atoms with Crippen molar-refractivity contribution in [1.82, 2.24) is 4.98 Å². The maximum Gasteiger partial charge on any atom is 0.282 e. The third kappa shape index (κ3) is 4.07. The van der Waals surface area contributed by atoms with E-state index in [9.17, 15) is 14.9 Å². The van der Waals surface area contributed by atoms with E-state index in [-0.39, 0.29) is 11.6 Å². The van der Waals surface area contributed by atoms with E-state index in [0.29, 0.717) is 32.8 Å². The molecule has 0 unspecified atom stereocenters. The van der Waals surface area contributed by atoms with Gasteiger partial charge in [-0.25, -0.2) is 4.98 Å². The summed E-state index contributed by atoms with van der Waals surface area (Å²) in [5.41, 5.74) is 2.90. The fraction of sp³-hybridized carbons (Fsp3) is 0.150. The quantitative estimate of drug-likeness (QED) is 0.285. The minimum Gasteiger partial charge on any atom is -0.269 e. The highest BCUT2D eigenvalue weighted by Crippen LogP contribution is 2.32. The SMILES string of the molecule is CC1=NN(c2nc(-c3cccc([N+](=O)[O-])c3)cs2)C(=O)[C@@H]1N=Nc1cccc(Cl)c1C. The largest absolute Gasteiger partial charge is 0.282 e. The Balaban J connectivity index is 1.56. The first-order valence-electron chi connectivity index (χ1n) is 9.10. The van der Waals surface area contributed by atoms with Crippen LogP contribution in [0.25, 0.3) is 11.3 Å². The lowest BCUT2D eigenvalue weighted by molar-refractivity contribution is -0.384. The van der Waals surface area contributed by atoms with Gasteiger partial charge in [0.15, 0.2) is 6.04 Å². The normalized spacial score (nSPS) is 16.2. The van der Waals surface area contributed by atoms with Gasteiger partial charge in [0.1, 0.15) is 0 Å². The summed E-state index contributed by atoms with van der Waals surface area (Å²) in [6.07, 6.45) is 0. The molecule has 31 heavy (non-hydrogen) atoms. The summed E-state index contributed by atoms with van der Waals surface area (Å²) in [5, 5.41) is 27.5. The molecule has 0 aliphatic carbocycles. The molecular formula is C20H15ClN6O3S. The molecule has 11 heteroatoms. The Morgan fingerprint density at radius 3 is 2.77 bits per heavy atom. The molecule has 2 aromatic carbocycles. The Kier molecular flexibility index (Phi) is 5.57. The van der Waals surface area contributed by atoms with Crippen molar-refractivity contribution in [1.29, 1.82) is 0 Å². The lowest BCUT2D eigenvalue weighted by Gasteiger charge is -2.08. The molecule has 0 saturated heterocycles. The second-order valence-corrected chi connectivity index (χ2v) is 7.96. The van der Waals surface area contributed by atoms with Crippen LogP contribution in [0.4, 0.5) is 16.5 Å². The lowest BCUT2D eigenvalue weighted by Crippen LogP contribution is -2.29. The van der Waals surface area contributed by atoms with Crippen LogP contribution in [0.1, 0.15) is 12.5 Å². The van der Waals surface area contributed by atoms with Crippen LogP contribution < -0.4 is 5.01 Å². The first kappa shape index (κ1) is 20.8. The molecular weight excluding hydrogens is 440 g/mol. The third-order valence-corrected chi connectivity index (χ3v) is 5.87. The van der Waals surface area contributed by atoms with Gasteiger partial charge in [0, 0.05) is 28.1 Å². The molecule has 1 aliphatic heterocycles. The number of amides is 1. The number of thiazole rings is 1. The number of nitro groups is 1. The summed E-state index contributed by atoms with van der Waals surface area (Å²) in [6, 6.07) is 10.6.